The maximum atomic E-state index is 10.7. The van der Waals surface area contributed by atoms with E-state index in [1.165, 1.54) is 0 Å². The maximum Gasteiger partial charge on any atom is 0.371 e. The van der Waals surface area contributed by atoms with E-state index in [4.69, 9.17) is 14.3 Å². The van der Waals surface area contributed by atoms with Crippen LogP contribution in [-0.4, -0.2) is 30.8 Å². The third kappa shape index (κ3) is 3.34. The van der Waals surface area contributed by atoms with Crippen LogP contribution in [0.3, 0.4) is 0 Å². The van der Waals surface area contributed by atoms with Crippen molar-refractivity contribution in [2.45, 2.75) is 26.4 Å². The van der Waals surface area contributed by atoms with Gasteiger partial charge in [-0.15, -0.1) is 0 Å². The first-order valence-corrected chi connectivity index (χ1v) is 6.28. The van der Waals surface area contributed by atoms with Gasteiger partial charge in [-0.3, -0.25) is 0 Å². The first-order valence-electron chi connectivity index (χ1n) is 6.28. The van der Waals surface area contributed by atoms with Crippen molar-refractivity contribution >= 4 is 5.97 Å². The van der Waals surface area contributed by atoms with Gasteiger partial charge in [0.25, 0.3) is 0 Å². The minimum Gasteiger partial charge on any atom is -0.475 e. The number of ether oxygens (including phenoxy) is 1. The second-order valence-electron chi connectivity index (χ2n) is 4.71. The van der Waals surface area contributed by atoms with Crippen molar-refractivity contribution in [1.29, 1.82) is 0 Å². The van der Waals surface area contributed by atoms with E-state index in [1.54, 1.807) is 13.0 Å². The Bertz CT molecular complexity index is 407. The average Bonchev–Trinajstić information content (AvgIpc) is 2.73. The number of rotatable bonds is 5. The van der Waals surface area contributed by atoms with Crippen LogP contribution in [0.15, 0.2) is 10.5 Å². The van der Waals surface area contributed by atoms with Crippen LogP contribution in [0, 0.1) is 12.8 Å². The van der Waals surface area contributed by atoms with Crippen LogP contribution < -0.4 is 5.32 Å². The van der Waals surface area contributed by atoms with Gasteiger partial charge in [0, 0.05) is 12.2 Å². The zero-order valence-electron chi connectivity index (χ0n) is 10.6. The number of piperidine rings is 1. The number of aromatic carboxylic acids is 1. The molecule has 2 heterocycles. The number of carbonyl (C=O) groups is 1. The van der Waals surface area contributed by atoms with Gasteiger partial charge in [0.15, 0.2) is 0 Å². The van der Waals surface area contributed by atoms with Crippen molar-refractivity contribution in [1.82, 2.24) is 5.32 Å². The Morgan fingerprint density at radius 3 is 2.89 bits per heavy atom. The molecule has 0 aromatic carbocycles. The fraction of sp³-hybridized carbons (Fsp3) is 0.615. The molecule has 18 heavy (non-hydrogen) atoms. The number of hydrogen-bond acceptors (Lipinski definition) is 4. The molecule has 5 nitrogen and oxygen atoms in total. The van der Waals surface area contributed by atoms with Crippen LogP contribution in [-0.2, 0) is 11.3 Å². The van der Waals surface area contributed by atoms with Crippen molar-refractivity contribution < 1.29 is 19.1 Å². The molecule has 1 aromatic rings. The Morgan fingerprint density at radius 2 is 2.28 bits per heavy atom. The second kappa shape index (κ2) is 6.02. The van der Waals surface area contributed by atoms with Gasteiger partial charge in [-0.1, -0.05) is 0 Å². The molecule has 1 aromatic heterocycles. The molecule has 0 atom stereocenters. The van der Waals surface area contributed by atoms with E-state index in [-0.39, 0.29) is 5.76 Å². The molecule has 100 valence electrons. The van der Waals surface area contributed by atoms with Gasteiger partial charge in [0.05, 0.1) is 6.61 Å². The maximum absolute atomic E-state index is 10.7. The lowest BCUT2D eigenvalue weighted by atomic mass is 9.99. The molecule has 5 heteroatoms. The first-order chi connectivity index (χ1) is 8.66. The van der Waals surface area contributed by atoms with Crippen LogP contribution >= 0.6 is 0 Å². The summed E-state index contributed by atoms with van der Waals surface area (Å²) in [7, 11) is 0. The summed E-state index contributed by atoms with van der Waals surface area (Å²) in [6.07, 6.45) is 2.29. The van der Waals surface area contributed by atoms with E-state index in [0.29, 0.717) is 18.3 Å². The summed E-state index contributed by atoms with van der Waals surface area (Å²) in [5, 5.41) is 12.1. The SMILES string of the molecule is Cc1oc(C(=O)O)cc1COCC1CCNCC1. The summed E-state index contributed by atoms with van der Waals surface area (Å²) in [5.41, 5.74) is 0.821. The highest BCUT2D eigenvalue weighted by atomic mass is 16.5. The van der Waals surface area contributed by atoms with Crippen molar-refractivity contribution in [2.75, 3.05) is 19.7 Å². The highest BCUT2D eigenvalue weighted by molar-refractivity contribution is 5.84. The zero-order valence-corrected chi connectivity index (χ0v) is 10.6. The predicted octanol–water partition coefficient (Wildman–Crippen LogP) is 1.80. The molecule has 0 bridgehead atoms. The molecule has 1 saturated heterocycles. The monoisotopic (exact) mass is 253 g/mol. The minimum absolute atomic E-state index is 0.0204. The molecule has 0 unspecified atom stereocenters. The number of carboxylic acids is 1. The van der Waals surface area contributed by atoms with Crippen molar-refractivity contribution in [3.05, 3.63) is 23.2 Å². The van der Waals surface area contributed by atoms with Crippen LogP contribution in [0.2, 0.25) is 0 Å². The number of carboxylic acid groups (broad SMARTS) is 1. The Kier molecular flexibility index (Phi) is 4.38. The Morgan fingerprint density at radius 1 is 1.56 bits per heavy atom. The van der Waals surface area contributed by atoms with Crippen LogP contribution in [0.4, 0.5) is 0 Å². The van der Waals surface area contributed by atoms with Crippen LogP contribution in [0.1, 0.15) is 34.7 Å². The molecule has 1 aliphatic heterocycles. The molecule has 0 saturated carbocycles. The molecule has 0 spiro atoms. The average molecular weight is 253 g/mol. The van der Waals surface area contributed by atoms with Gasteiger partial charge in [0.2, 0.25) is 5.76 Å². The third-order valence-corrected chi connectivity index (χ3v) is 3.30. The lowest BCUT2D eigenvalue weighted by Crippen LogP contribution is -2.29. The van der Waals surface area contributed by atoms with Gasteiger partial charge in [-0.2, -0.15) is 0 Å². The third-order valence-electron chi connectivity index (χ3n) is 3.30. The van der Waals surface area contributed by atoms with Crippen LogP contribution in [0.25, 0.3) is 0 Å². The van der Waals surface area contributed by atoms with Gasteiger partial charge >= 0.3 is 5.97 Å². The summed E-state index contributed by atoms with van der Waals surface area (Å²) in [6.45, 7) is 5.03. The fourth-order valence-corrected chi connectivity index (χ4v) is 2.15. The molecule has 0 aliphatic carbocycles. The Labute approximate surface area is 106 Å². The fourth-order valence-electron chi connectivity index (χ4n) is 2.15. The smallest absolute Gasteiger partial charge is 0.371 e. The Balaban J connectivity index is 1.80. The largest absolute Gasteiger partial charge is 0.475 e. The van der Waals surface area contributed by atoms with Crippen molar-refractivity contribution in [3.63, 3.8) is 0 Å². The molecule has 0 radical (unpaired) electrons. The summed E-state index contributed by atoms with van der Waals surface area (Å²) in [6, 6.07) is 1.54. The number of furan rings is 1. The van der Waals surface area contributed by atoms with E-state index in [1.807, 2.05) is 0 Å². The highest BCUT2D eigenvalue weighted by Gasteiger charge is 2.15. The molecule has 1 aliphatic rings. The van der Waals surface area contributed by atoms with Gasteiger partial charge in [0.1, 0.15) is 5.76 Å². The lowest BCUT2D eigenvalue weighted by Gasteiger charge is -2.22. The van der Waals surface area contributed by atoms with Crippen molar-refractivity contribution in [3.8, 4) is 0 Å². The topological polar surface area (TPSA) is 71.7 Å². The van der Waals surface area contributed by atoms with E-state index < -0.39 is 5.97 Å². The number of hydrogen-bond donors (Lipinski definition) is 2. The van der Waals surface area contributed by atoms with Gasteiger partial charge < -0.3 is 19.6 Å². The van der Waals surface area contributed by atoms with E-state index in [2.05, 4.69) is 5.32 Å². The summed E-state index contributed by atoms with van der Waals surface area (Å²) >= 11 is 0. The number of nitrogens with one attached hydrogen (secondary N) is 1. The summed E-state index contributed by atoms with van der Waals surface area (Å²) in [5.74, 6) is 0.172. The van der Waals surface area contributed by atoms with E-state index in [9.17, 15) is 4.79 Å². The molecular formula is C13H19NO4. The zero-order chi connectivity index (χ0) is 13.0. The summed E-state index contributed by atoms with van der Waals surface area (Å²) in [4.78, 5) is 10.7. The van der Waals surface area contributed by atoms with E-state index in [0.717, 1.165) is 38.1 Å². The quantitative estimate of drug-likeness (QED) is 0.837. The Hall–Kier alpha value is -1.33. The number of aryl methyl sites for hydroxylation is 1. The second-order valence-corrected chi connectivity index (χ2v) is 4.71. The molecule has 0 amide bonds. The molecular weight excluding hydrogens is 234 g/mol. The molecule has 2 N–H and O–H groups in total. The minimum atomic E-state index is -1.04. The van der Waals surface area contributed by atoms with E-state index >= 15 is 0 Å². The predicted molar refractivity (Wildman–Crippen MR) is 65.7 cm³/mol. The molecule has 2 rings (SSSR count). The standard InChI is InChI=1S/C13H19NO4/c1-9-11(6-12(18-9)13(15)16)8-17-7-10-2-4-14-5-3-10/h6,10,14H,2-5,7-8H2,1H3,(H,15,16). The lowest BCUT2D eigenvalue weighted by molar-refractivity contribution is 0.0661. The highest BCUT2D eigenvalue weighted by Crippen LogP contribution is 2.17. The van der Waals surface area contributed by atoms with Crippen LogP contribution in [0.5, 0.6) is 0 Å². The van der Waals surface area contributed by atoms with Crippen molar-refractivity contribution in [2.24, 2.45) is 5.92 Å². The van der Waals surface area contributed by atoms with Gasteiger partial charge in [-0.05, 0) is 44.8 Å². The normalized spacial score (nSPS) is 16.9. The van der Waals surface area contributed by atoms with Gasteiger partial charge in [-0.25, -0.2) is 4.79 Å². The molecule has 1 fully saturated rings. The first kappa shape index (κ1) is 13.1. The summed E-state index contributed by atoms with van der Waals surface area (Å²) < 4.78 is 10.8.